The van der Waals surface area contributed by atoms with Crippen molar-refractivity contribution in [3.05, 3.63) is 48.4 Å². The Balaban J connectivity index is 1.23. The first-order chi connectivity index (χ1) is 17.6. The lowest BCUT2D eigenvalue weighted by atomic mass is 10.1. The van der Waals surface area contributed by atoms with Crippen LogP contribution in [0.25, 0.3) is 11.3 Å². The standard InChI is InChI=1S/C25H26FN9O/c26-19-6-10-34(15-19)16-23(36)33-22-4-3-20(14-29-22)31-25-28-7-5-21(32-25)18-11-17(12-27)24(30-13-18)35-8-1-2-9-35/h3-5,7,11,13-14,19H,1-2,6,8-10,15-16H2,(H,28,31,32)(H,29,33,36)/t19-/m0/s1. The fraction of sp³-hybridized carbons (Fsp3) is 0.360. The molecule has 10 nitrogen and oxygen atoms in total. The van der Waals surface area contributed by atoms with Crippen molar-refractivity contribution >= 4 is 29.2 Å². The highest BCUT2D eigenvalue weighted by Crippen LogP contribution is 2.27. The van der Waals surface area contributed by atoms with E-state index in [1.807, 2.05) is 6.07 Å². The van der Waals surface area contributed by atoms with Crippen molar-refractivity contribution in [3.8, 4) is 17.3 Å². The Hall–Kier alpha value is -4.17. The molecule has 0 spiro atoms. The number of alkyl halides is 1. The van der Waals surface area contributed by atoms with E-state index in [0.717, 1.165) is 37.3 Å². The van der Waals surface area contributed by atoms with E-state index in [-0.39, 0.29) is 12.5 Å². The predicted octanol–water partition coefficient (Wildman–Crippen LogP) is 3.13. The van der Waals surface area contributed by atoms with Gasteiger partial charge in [0.15, 0.2) is 0 Å². The molecular weight excluding hydrogens is 461 g/mol. The van der Waals surface area contributed by atoms with Crippen molar-refractivity contribution in [2.24, 2.45) is 0 Å². The second-order valence-electron chi connectivity index (χ2n) is 8.89. The van der Waals surface area contributed by atoms with Gasteiger partial charge in [0.2, 0.25) is 11.9 Å². The van der Waals surface area contributed by atoms with E-state index < -0.39 is 6.17 Å². The molecule has 0 unspecified atom stereocenters. The summed E-state index contributed by atoms with van der Waals surface area (Å²) in [5.41, 5.74) is 2.54. The molecule has 2 saturated heterocycles. The van der Waals surface area contributed by atoms with E-state index in [0.29, 0.717) is 48.2 Å². The zero-order valence-electron chi connectivity index (χ0n) is 19.7. The fourth-order valence-corrected chi connectivity index (χ4v) is 4.43. The summed E-state index contributed by atoms with van der Waals surface area (Å²) < 4.78 is 13.3. The predicted molar refractivity (Wildman–Crippen MR) is 134 cm³/mol. The summed E-state index contributed by atoms with van der Waals surface area (Å²) in [7, 11) is 0. The number of hydrogen-bond donors (Lipinski definition) is 2. The summed E-state index contributed by atoms with van der Waals surface area (Å²) >= 11 is 0. The Labute approximate surface area is 208 Å². The minimum absolute atomic E-state index is 0.143. The van der Waals surface area contributed by atoms with Crippen LogP contribution in [0.1, 0.15) is 24.8 Å². The van der Waals surface area contributed by atoms with Gasteiger partial charge >= 0.3 is 0 Å². The van der Waals surface area contributed by atoms with E-state index in [9.17, 15) is 14.4 Å². The highest BCUT2D eigenvalue weighted by molar-refractivity contribution is 5.91. The Morgan fingerprint density at radius 3 is 2.72 bits per heavy atom. The number of amides is 1. The Kier molecular flexibility index (Phi) is 6.95. The van der Waals surface area contributed by atoms with Gasteiger partial charge in [-0.3, -0.25) is 9.69 Å². The van der Waals surface area contributed by atoms with Crippen LogP contribution < -0.4 is 15.5 Å². The molecule has 1 amide bonds. The summed E-state index contributed by atoms with van der Waals surface area (Å²) in [6, 6.07) is 9.26. The normalized spacial score (nSPS) is 17.7. The zero-order valence-corrected chi connectivity index (χ0v) is 19.7. The molecule has 0 radical (unpaired) electrons. The average molecular weight is 488 g/mol. The first kappa shape index (κ1) is 23.6. The molecule has 2 aliphatic rings. The van der Waals surface area contributed by atoms with Gasteiger partial charge in [-0.15, -0.1) is 0 Å². The average Bonchev–Trinajstić information content (AvgIpc) is 3.57. The number of halogens is 1. The molecule has 2 N–H and O–H groups in total. The highest BCUT2D eigenvalue weighted by atomic mass is 19.1. The second kappa shape index (κ2) is 10.6. The number of nitriles is 1. The van der Waals surface area contributed by atoms with E-state index in [1.165, 1.54) is 0 Å². The lowest BCUT2D eigenvalue weighted by molar-refractivity contribution is -0.117. The molecular formula is C25H26FN9O. The maximum Gasteiger partial charge on any atom is 0.239 e. The maximum absolute atomic E-state index is 13.3. The Bertz CT molecular complexity index is 1270. The molecule has 184 valence electrons. The SMILES string of the molecule is N#Cc1cc(-c2ccnc(Nc3ccc(NC(=O)CN4CC[C@H](F)C4)nc3)n2)cnc1N1CCCC1. The van der Waals surface area contributed by atoms with Crippen LogP contribution >= 0.6 is 0 Å². The minimum Gasteiger partial charge on any atom is -0.356 e. The van der Waals surface area contributed by atoms with Crippen LogP contribution in [0.3, 0.4) is 0 Å². The van der Waals surface area contributed by atoms with Crippen molar-refractivity contribution in [3.63, 3.8) is 0 Å². The van der Waals surface area contributed by atoms with Crippen LogP contribution in [0.4, 0.5) is 27.7 Å². The second-order valence-corrected chi connectivity index (χ2v) is 8.89. The van der Waals surface area contributed by atoms with Crippen molar-refractivity contribution in [2.75, 3.05) is 48.3 Å². The first-order valence-electron chi connectivity index (χ1n) is 12.0. The van der Waals surface area contributed by atoms with Gasteiger partial charge in [-0.05, 0) is 43.5 Å². The molecule has 0 aromatic carbocycles. The molecule has 3 aromatic rings. The molecule has 0 aliphatic carbocycles. The van der Waals surface area contributed by atoms with Crippen LogP contribution in [0.2, 0.25) is 0 Å². The van der Waals surface area contributed by atoms with Gasteiger partial charge in [0.25, 0.3) is 0 Å². The number of nitrogens with zero attached hydrogens (tertiary/aromatic N) is 7. The summed E-state index contributed by atoms with van der Waals surface area (Å²) in [6.07, 6.45) is 6.76. The third-order valence-corrected chi connectivity index (χ3v) is 6.21. The molecule has 0 saturated carbocycles. The van der Waals surface area contributed by atoms with E-state index in [2.05, 4.69) is 41.5 Å². The lowest BCUT2D eigenvalue weighted by Gasteiger charge is -2.18. The summed E-state index contributed by atoms with van der Waals surface area (Å²) in [5, 5.41) is 15.5. The van der Waals surface area contributed by atoms with Crippen molar-refractivity contribution in [1.82, 2.24) is 24.8 Å². The number of carbonyl (C=O) groups is 1. The van der Waals surface area contributed by atoms with Gasteiger partial charge in [0.05, 0.1) is 29.7 Å². The van der Waals surface area contributed by atoms with Gasteiger partial charge in [0, 0.05) is 44.1 Å². The molecule has 1 atom stereocenters. The van der Waals surface area contributed by atoms with Crippen molar-refractivity contribution < 1.29 is 9.18 Å². The topological polar surface area (TPSA) is 123 Å². The van der Waals surface area contributed by atoms with E-state index in [1.54, 1.807) is 41.7 Å². The van der Waals surface area contributed by atoms with E-state index in [4.69, 9.17) is 0 Å². The van der Waals surface area contributed by atoms with Gasteiger partial charge < -0.3 is 15.5 Å². The molecule has 5 heterocycles. The third kappa shape index (κ3) is 5.55. The van der Waals surface area contributed by atoms with Crippen LogP contribution in [0.15, 0.2) is 42.9 Å². The molecule has 2 aliphatic heterocycles. The lowest BCUT2D eigenvalue weighted by Crippen LogP contribution is -2.32. The summed E-state index contributed by atoms with van der Waals surface area (Å²) in [4.78, 5) is 33.7. The summed E-state index contributed by atoms with van der Waals surface area (Å²) in [5.74, 6) is 1.26. The number of anilines is 4. The number of likely N-dealkylation sites (tertiary alicyclic amines) is 1. The largest absolute Gasteiger partial charge is 0.356 e. The Morgan fingerprint density at radius 2 is 2.00 bits per heavy atom. The van der Waals surface area contributed by atoms with Gasteiger partial charge in [-0.2, -0.15) is 5.26 Å². The van der Waals surface area contributed by atoms with Crippen molar-refractivity contribution in [1.29, 1.82) is 5.26 Å². The van der Waals surface area contributed by atoms with Gasteiger partial charge in [0.1, 0.15) is 23.9 Å². The minimum atomic E-state index is -0.860. The molecule has 2 fully saturated rings. The molecule has 36 heavy (non-hydrogen) atoms. The number of carbonyl (C=O) groups excluding carboxylic acids is 1. The number of hydrogen-bond acceptors (Lipinski definition) is 9. The number of rotatable bonds is 7. The van der Waals surface area contributed by atoms with Crippen molar-refractivity contribution in [2.45, 2.75) is 25.4 Å². The molecule has 11 heteroatoms. The van der Waals surface area contributed by atoms with Crippen LogP contribution in [-0.4, -0.2) is 69.6 Å². The highest BCUT2D eigenvalue weighted by Gasteiger charge is 2.23. The Morgan fingerprint density at radius 1 is 1.14 bits per heavy atom. The van der Waals surface area contributed by atoms with Crippen LogP contribution in [0.5, 0.6) is 0 Å². The smallest absolute Gasteiger partial charge is 0.239 e. The number of aromatic nitrogens is 4. The number of nitrogens with one attached hydrogen (secondary N) is 2. The summed E-state index contributed by atoms with van der Waals surface area (Å²) in [6.45, 7) is 2.85. The maximum atomic E-state index is 13.3. The zero-order chi connectivity index (χ0) is 24.9. The first-order valence-corrected chi connectivity index (χ1v) is 12.0. The van der Waals surface area contributed by atoms with Crippen LogP contribution in [-0.2, 0) is 4.79 Å². The fourth-order valence-electron chi connectivity index (χ4n) is 4.43. The number of pyridine rings is 2. The van der Waals surface area contributed by atoms with Gasteiger partial charge in [-0.1, -0.05) is 0 Å². The molecule has 5 rings (SSSR count). The third-order valence-electron chi connectivity index (χ3n) is 6.21. The van der Waals surface area contributed by atoms with Crippen LogP contribution in [0, 0.1) is 11.3 Å². The molecule has 0 bridgehead atoms. The van der Waals surface area contributed by atoms with E-state index >= 15 is 0 Å². The van der Waals surface area contributed by atoms with Gasteiger partial charge in [-0.25, -0.2) is 24.3 Å². The quantitative estimate of drug-likeness (QED) is 0.517. The monoisotopic (exact) mass is 487 g/mol. The molecule has 3 aromatic heterocycles.